The Labute approximate surface area is 128 Å². The standard InChI is InChI=1S/C15H11BrFNO3/c1-8-2-3-9(6-12(8)16)14(19)18-13-5-4-10(17)7-11(13)15(20)21/h2-7H,1H3,(H,18,19)(H,20,21). The number of aryl methyl sites for hydroxylation is 1. The van der Waals surface area contributed by atoms with Crippen LogP contribution in [0.2, 0.25) is 0 Å². The molecule has 0 aliphatic carbocycles. The van der Waals surface area contributed by atoms with Crippen LogP contribution >= 0.6 is 15.9 Å². The Morgan fingerprint density at radius 1 is 1.19 bits per heavy atom. The molecule has 0 aliphatic rings. The van der Waals surface area contributed by atoms with Gasteiger partial charge in [0.2, 0.25) is 0 Å². The van der Waals surface area contributed by atoms with Crippen molar-refractivity contribution >= 4 is 33.5 Å². The summed E-state index contributed by atoms with van der Waals surface area (Å²) >= 11 is 3.32. The third-order valence-electron chi connectivity index (χ3n) is 2.89. The number of benzene rings is 2. The molecule has 0 atom stereocenters. The largest absolute Gasteiger partial charge is 0.478 e. The van der Waals surface area contributed by atoms with Gasteiger partial charge in [-0.1, -0.05) is 22.0 Å². The number of carbonyl (C=O) groups is 2. The summed E-state index contributed by atoms with van der Waals surface area (Å²) in [6.45, 7) is 1.88. The summed E-state index contributed by atoms with van der Waals surface area (Å²) in [7, 11) is 0. The summed E-state index contributed by atoms with van der Waals surface area (Å²) in [5, 5.41) is 11.5. The zero-order valence-corrected chi connectivity index (χ0v) is 12.6. The van der Waals surface area contributed by atoms with Gasteiger partial charge in [-0.25, -0.2) is 9.18 Å². The smallest absolute Gasteiger partial charge is 0.337 e. The molecule has 0 heterocycles. The van der Waals surface area contributed by atoms with Crippen LogP contribution < -0.4 is 5.32 Å². The number of amides is 1. The predicted molar refractivity (Wildman–Crippen MR) is 80.2 cm³/mol. The SMILES string of the molecule is Cc1ccc(C(=O)Nc2ccc(F)cc2C(=O)O)cc1Br. The molecule has 0 saturated carbocycles. The maximum absolute atomic E-state index is 13.1. The van der Waals surface area contributed by atoms with E-state index < -0.39 is 17.7 Å². The van der Waals surface area contributed by atoms with Crippen LogP contribution in [-0.2, 0) is 0 Å². The number of aromatic carboxylic acids is 1. The van der Waals surface area contributed by atoms with E-state index in [4.69, 9.17) is 5.11 Å². The minimum absolute atomic E-state index is 0.0468. The van der Waals surface area contributed by atoms with Gasteiger partial charge in [-0.2, -0.15) is 0 Å². The van der Waals surface area contributed by atoms with Gasteiger partial charge in [0, 0.05) is 10.0 Å². The molecule has 108 valence electrons. The average molecular weight is 352 g/mol. The fraction of sp³-hybridized carbons (Fsp3) is 0.0667. The van der Waals surface area contributed by atoms with Crippen molar-refractivity contribution < 1.29 is 19.1 Å². The van der Waals surface area contributed by atoms with Crippen molar-refractivity contribution in [3.63, 3.8) is 0 Å². The van der Waals surface area contributed by atoms with Gasteiger partial charge in [0.1, 0.15) is 5.82 Å². The molecule has 0 aromatic heterocycles. The first-order valence-electron chi connectivity index (χ1n) is 5.99. The average Bonchev–Trinajstić information content (AvgIpc) is 2.43. The van der Waals surface area contributed by atoms with Gasteiger partial charge >= 0.3 is 5.97 Å². The van der Waals surface area contributed by atoms with E-state index in [2.05, 4.69) is 21.2 Å². The van der Waals surface area contributed by atoms with Crippen LogP contribution in [0, 0.1) is 12.7 Å². The number of hydrogen-bond acceptors (Lipinski definition) is 2. The molecule has 0 fully saturated rings. The lowest BCUT2D eigenvalue weighted by Gasteiger charge is -2.09. The van der Waals surface area contributed by atoms with Crippen LogP contribution in [-0.4, -0.2) is 17.0 Å². The minimum Gasteiger partial charge on any atom is -0.478 e. The van der Waals surface area contributed by atoms with Crippen molar-refractivity contribution in [3.05, 3.63) is 63.4 Å². The zero-order valence-electron chi connectivity index (χ0n) is 11.0. The van der Waals surface area contributed by atoms with E-state index in [1.165, 1.54) is 6.07 Å². The third kappa shape index (κ3) is 3.46. The van der Waals surface area contributed by atoms with Gasteiger partial charge in [-0.3, -0.25) is 4.79 Å². The van der Waals surface area contributed by atoms with Crippen LogP contribution in [0.4, 0.5) is 10.1 Å². The lowest BCUT2D eigenvalue weighted by atomic mass is 10.1. The number of carboxylic acid groups (broad SMARTS) is 1. The summed E-state index contributed by atoms with van der Waals surface area (Å²) in [6.07, 6.45) is 0. The lowest BCUT2D eigenvalue weighted by Crippen LogP contribution is -2.15. The van der Waals surface area contributed by atoms with Crippen LogP contribution in [0.15, 0.2) is 40.9 Å². The summed E-state index contributed by atoms with van der Waals surface area (Å²) < 4.78 is 13.9. The summed E-state index contributed by atoms with van der Waals surface area (Å²) in [6, 6.07) is 8.20. The fourth-order valence-corrected chi connectivity index (χ4v) is 2.11. The topological polar surface area (TPSA) is 66.4 Å². The first-order valence-corrected chi connectivity index (χ1v) is 6.78. The highest BCUT2D eigenvalue weighted by Crippen LogP contribution is 2.21. The molecule has 0 aliphatic heterocycles. The molecule has 2 aromatic carbocycles. The first-order chi connectivity index (χ1) is 9.88. The first kappa shape index (κ1) is 15.2. The van der Waals surface area contributed by atoms with Gasteiger partial charge in [-0.15, -0.1) is 0 Å². The fourth-order valence-electron chi connectivity index (χ4n) is 1.73. The van der Waals surface area contributed by atoms with E-state index in [9.17, 15) is 14.0 Å². The number of anilines is 1. The molecule has 21 heavy (non-hydrogen) atoms. The molecule has 0 radical (unpaired) electrons. The van der Waals surface area contributed by atoms with Crippen molar-refractivity contribution in [3.8, 4) is 0 Å². The normalized spacial score (nSPS) is 10.2. The number of carbonyl (C=O) groups excluding carboxylic acids is 1. The Kier molecular flexibility index (Phi) is 4.37. The number of rotatable bonds is 3. The second-order valence-electron chi connectivity index (χ2n) is 4.41. The van der Waals surface area contributed by atoms with Gasteiger partial charge in [0.15, 0.2) is 0 Å². The number of hydrogen-bond donors (Lipinski definition) is 2. The molecule has 0 spiro atoms. The second kappa shape index (κ2) is 6.05. The molecule has 0 unspecified atom stereocenters. The molecule has 2 N–H and O–H groups in total. The quantitative estimate of drug-likeness (QED) is 0.882. The van der Waals surface area contributed by atoms with Crippen molar-refractivity contribution in [2.45, 2.75) is 6.92 Å². The minimum atomic E-state index is -1.31. The monoisotopic (exact) mass is 351 g/mol. The Bertz CT molecular complexity index is 731. The van der Waals surface area contributed by atoms with Crippen molar-refractivity contribution in [1.82, 2.24) is 0 Å². The van der Waals surface area contributed by atoms with Crippen molar-refractivity contribution in [2.24, 2.45) is 0 Å². The highest BCUT2D eigenvalue weighted by atomic mass is 79.9. The maximum Gasteiger partial charge on any atom is 0.337 e. The van der Waals surface area contributed by atoms with E-state index in [-0.39, 0.29) is 11.3 Å². The summed E-state index contributed by atoms with van der Waals surface area (Å²) in [4.78, 5) is 23.2. The van der Waals surface area contributed by atoms with Gasteiger partial charge in [0.25, 0.3) is 5.91 Å². The van der Waals surface area contributed by atoms with Crippen LogP contribution in [0.25, 0.3) is 0 Å². The summed E-state index contributed by atoms with van der Waals surface area (Å²) in [5.74, 6) is -2.46. The molecule has 4 nitrogen and oxygen atoms in total. The van der Waals surface area contributed by atoms with E-state index in [1.807, 2.05) is 6.92 Å². The Hall–Kier alpha value is -2.21. The van der Waals surface area contributed by atoms with E-state index in [0.717, 1.165) is 22.2 Å². The molecular weight excluding hydrogens is 341 g/mol. The second-order valence-corrected chi connectivity index (χ2v) is 5.27. The number of carboxylic acids is 1. The number of halogens is 2. The maximum atomic E-state index is 13.1. The van der Waals surface area contributed by atoms with Crippen LogP contribution in [0.3, 0.4) is 0 Å². The zero-order chi connectivity index (χ0) is 15.6. The number of nitrogens with one attached hydrogen (secondary N) is 1. The Morgan fingerprint density at radius 3 is 2.52 bits per heavy atom. The van der Waals surface area contributed by atoms with E-state index >= 15 is 0 Å². The van der Waals surface area contributed by atoms with Crippen LogP contribution in [0.1, 0.15) is 26.3 Å². The van der Waals surface area contributed by atoms with Gasteiger partial charge < -0.3 is 10.4 Å². The molecule has 0 saturated heterocycles. The lowest BCUT2D eigenvalue weighted by molar-refractivity contribution is 0.0697. The van der Waals surface area contributed by atoms with E-state index in [1.54, 1.807) is 18.2 Å². The van der Waals surface area contributed by atoms with E-state index in [0.29, 0.717) is 5.56 Å². The molecular formula is C15H11BrFNO3. The third-order valence-corrected chi connectivity index (χ3v) is 3.75. The summed E-state index contributed by atoms with van der Waals surface area (Å²) in [5.41, 5.74) is 1.09. The predicted octanol–water partition coefficient (Wildman–Crippen LogP) is 3.85. The van der Waals surface area contributed by atoms with Gasteiger partial charge in [0.05, 0.1) is 11.3 Å². The molecule has 1 amide bonds. The molecule has 6 heteroatoms. The van der Waals surface area contributed by atoms with Crippen molar-refractivity contribution in [1.29, 1.82) is 0 Å². The highest BCUT2D eigenvalue weighted by molar-refractivity contribution is 9.10. The molecule has 2 rings (SSSR count). The van der Waals surface area contributed by atoms with Gasteiger partial charge in [-0.05, 0) is 42.8 Å². The molecule has 0 bridgehead atoms. The Morgan fingerprint density at radius 2 is 1.90 bits per heavy atom. The highest BCUT2D eigenvalue weighted by Gasteiger charge is 2.15. The molecule has 2 aromatic rings. The van der Waals surface area contributed by atoms with Crippen molar-refractivity contribution in [2.75, 3.05) is 5.32 Å². The van der Waals surface area contributed by atoms with Crippen LogP contribution in [0.5, 0.6) is 0 Å². The Balaban J connectivity index is 2.31.